The molecule has 5 aromatic carbocycles. The quantitative estimate of drug-likeness (QED) is 0.173. The highest BCUT2D eigenvalue weighted by atomic mass is 79.9. The number of hydrogen-bond acceptors (Lipinski definition) is 2. The van der Waals surface area contributed by atoms with Gasteiger partial charge in [0.15, 0.2) is 0 Å². The van der Waals surface area contributed by atoms with E-state index in [1.807, 2.05) is 12.1 Å². The van der Waals surface area contributed by atoms with Gasteiger partial charge in [0, 0.05) is 31.2 Å². The Kier molecular flexibility index (Phi) is 8.02. The number of pyridine rings is 2. The third-order valence-electron chi connectivity index (χ3n) is 7.60. The maximum absolute atomic E-state index is 5.08. The molecule has 44 heavy (non-hydrogen) atoms. The van der Waals surface area contributed by atoms with Crippen LogP contribution in [0.3, 0.4) is 0 Å². The molecule has 0 amide bonds. The molecule has 0 saturated heterocycles. The van der Waals surface area contributed by atoms with Crippen molar-refractivity contribution in [2.24, 2.45) is 0 Å². The van der Waals surface area contributed by atoms with Gasteiger partial charge in [-0.25, -0.2) is 9.97 Å². The van der Waals surface area contributed by atoms with Gasteiger partial charge in [0.1, 0.15) is 0 Å². The third kappa shape index (κ3) is 6.19. The molecule has 2 heterocycles. The van der Waals surface area contributed by atoms with E-state index in [1.165, 1.54) is 0 Å². The fourth-order valence-corrected chi connectivity index (χ4v) is 5.85. The zero-order chi connectivity index (χ0) is 29.9. The maximum atomic E-state index is 5.08. The predicted molar refractivity (Wildman–Crippen MR) is 190 cm³/mol. The second kappa shape index (κ2) is 12.5. The Morgan fingerprint density at radius 3 is 0.955 bits per heavy atom. The lowest BCUT2D eigenvalue weighted by molar-refractivity contribution is 1.32. The molecular weight excluding hydrogens is 668 g/mol. The van der Waals surface area contributed by atoms with E-state index in [0.29, 0.717) is 0 Å². The van der Waals surface area contributed by atoms with Crippen molar-refractivity contribution < 1.29 is 0 Å². The van der Waals surface area contributed by atoms with E-state index in [-0.39, 0.29) is 0 Å². The normalized spacial score (nSPS) is 11.0. The first-order valence-corrected chi connectivity index (χ1v) is 16.0. The van der Waals surface area contributed by atoms with Gasteiger partial charge >= 0.3 is 0 Å². The summed E-state index contributed by atoms with van der Waals surface area (Å²) in [6.07, 6.45) is 0. The Labute approximate surface area is 274 Å². The summed E-state index contributed by atoms with van der Waals surface area (Å²) in [4.78, 5) is 10.2. The molecule has 210 valence electrons. The van der Waals surface area contributed by atoms with Crippen molar-refractivity contribution in [1.29, 1.82) is 0 Å². The molecule has 0 saturated carbocycles. The van der Waals surface area contributed by atoms with Gasteiger partial charge in [-0.1, -0.05) is 135 Å². The van der Waals surface area contributed by atoms with E-state index in [2.05, 4.69) is 177 Å². The summed E-state index contributed by atoms with van der Waals surface area (Å²) in [7, 11) is 0. The highest BCUT2D eigenvalue weighted by Gasteiger charge is 2.12. The van der Waals surface area contributed by atoms with Gasteiger partial charge in [0.2, 0.25) is 0 Å². The molecule has 7 rings (SSSR count). The van der Waals surface area contributed by atoms with Crippen molar-refractivity contribution in [3.8, 4) is 67.3 Å². The lowest BCUT2D eigenvalue weighted by atomic mass is 9.95. The van der Waals surface area contributed by atoms with E-state index in [0.717, 1.165) is 76.2 Å². The molecule has 0 unspecified atom stereocenters. The van der Waals surface area contributed by atoms with Crippen molar-refractivity contribution >= 4 is 31.9 Å². The number of aromatic nitrogens is 2. The fraction of sp³-hybridized carbons (Fsp3) is 0. The molecule has 0 atom stereocenters. The molecule has 4 heteroatoms. The van der Waals surface area contributed by atoms with Crippen LogP contribution in [0.1, 0.15) is 0 Å². The first-order valence-electron chi connectivity index (χ1n) is 14.4. The molecule has 0 fully saturated rings. The minimum Gasteiger partial charge on any atom is -0.248 e. The Hall–Kier alpha value is -4.64. The number of halogens is 2. The van der Waals surface area contributed by atoms with Crippen molar-refractivity contribution in [1.82, 2.24) is 9.97 Å². The Balaban J connectivity index is 1.37. The number of hydrogen-bond donors (Lipinski definition) is 0. The van der Waals surface area contributed by atoms with Crippen LogP contribution in [0.5, 0.6) is 0 Å². The molecular formula is C40H26Br2N2. The van der Waals surface area contributed by atoms with E-state index >= 15 is 0 Å². The Morgan fingerprint density at radius 1 is 0.273 bits per heavy atom. The number of nitrogens with zero attached hydrogens (tertiary/aromatic N) is 2. The van der Waals surface area contributed by atoms with Gasteiger partial charge in [0.05, 0.1) is 22.8 Å². The first kappa shape index (κ1) is 28.1. The molecule has 0 aliphatic rings. The van der Waals surface area contributed by atoms with Gasteiger partial charge in [-0.15, -0.1) is 0 Å². The van der Waals surface area contributed by atoms with Gasteiger partial charge in [-0.3, -0.25) is 0 Å². The summed E-state index contributed by atoms with van der Waals surface area (Å²) >= 11 is 7.13. The maximum Gasteiger partial charge on any atom is 0.0715 e. The van der Waals surface area contributed by atoms with Crippen LogP contribution >= 0.6 is 31.9 Å². The summed E-state index contributed by atoms with van der Waals surface area (Å²) in [6, 6.07) is 54.9. The average Bonchev–Trinajstić information content (AvgIpc) is 3.09. The van der Waals surface area contributed by atoms with Gasteiger partial charge in [-0.2, -0.15) is 0 Å². The second-order valence-corrected chi connectivity index (χ2v) is 12.4. The monoisotopic (exact) mass is 692 g/mol. The smallest absolute Gasteiger partial charge is 0.0715 e. The summed E-state index contributed by atoms with van der Waals surface area (Å²) in [6.45, 7) is 0. The number of rotatable bonds is 6. The van der Waals surface area contributed by atoms with Crippen molar-refractivity contribution in [3.05, 3.63) is 167 Å². The fourth-order valence-electron chi connectivity index (χ4n) is 5.32. The molecule has 2 nitrogen and oxygen atoms in total. The topological polar surface area (TPSA) is 25.8 Å². The van der Waals surface area contributed by atoms with Gasteiger partial charge < -0.3 is 0 Å². The van der Waals surface area contributed by atoms with Crippen molar-refractivity contribution in [2.75, 3.05) is 0 Å². The van der Waals surface area contributed by atoms with Crippen molar-refractivity contribution in [3.63, 3.8) is 0 Å². The van der Waals surface area contributed by atoms with Crippen LogP contribution in [-0.2, 0) is 0 Å². The number of benzene rings is 5. The molecule has 0 N–H and O–H groups in total. The van der Waals surface area contributed by atoms with Crippen LogP contribution in [-0.4, -0.2) is 9.97 Å². The zero-order valence-electron chi connectivity index (χ0n) is 23.7. The SMILES string of the molecule is Brc1ccc(-c2cc(-c3cccc(-c4cc(-c5ccccc5)nc(-c5ccc(Br)cc5)c4)c3)cc(-c3ccccc3)n2)cc1. The molecule has 0 spiro atoms. The molecule has 0 bridgehead atoms. The summed E-state index contributed by atoms with van der Waals surface area (Å²) in [5, 5.41) is 0. The Bertz CT molecular complexity index is 1910. The zero-order valence-corrected chi connectivity index (χ0v) is 26.8. The first-order chi connectivity index (χ1) is 21.6. The van der Waals surface area contributed by atoms with Crippen LogP contribution in [0.2, 0.25) is 0 Å². The lowest BCUT2D eigenvalue weighted by Gasteiger charge is -2.13. The molecule has 0 aliphatic heterocycles. The molecule has 2 aromatic heterocycles. The molecule has 7 aromatic rings. The van der Waals surface area contributed by atoms with Crippen LogP contribution < -0.4 is 0 Å². The molecule has 0 aliphatic carbocycles. The van der Waals surface area contributed by atoms with Gasteiger partial charge in [-0.05, 0) is 76.9 Å². The summed E-state index contributed by atoms with van der Waals surface area (Å²) < 4.78 is 2.09. The summed E-state index contributed by atoms with van der Waals surface area (Å²) in [5.74, 6) is 0. The van der Waals surface area contributed by atoms with E-state index in [1.54, 1.807) is 0 Å². The predicted octanol–water partition coefficient (Wildman–Crippen LogP) is 12.0. The minimum atomic E-state index is 0.937. The standard InChI is InChI=1S/C40H26Br2N2/c41-35-18-14-29(15-19-35)39-25-33(23-37(43-39)27-8-3-1-4-9-27)31-12-7-13-32(22-31)34-24-38(28-10-5-2-6-11-28)44-40(26-34)30-16-20-36(42)21-17-30/h1-26H. The van der Waals surface area contributed by atoms with Crippen LogP contribution in [0.15, 0.2) is 167 Å². The third-order valence-corrected chi connectivity index (χ3v) is 8.66. The lowest BCUT2D eigenvalue weighted by Crippen LogP contribution is -1.93. The van der Waals surface area contributed by atoms with Crippen LogP contribution in [0, 0.1) is 0 Å². The average molecular weight is 694 g/mol. The van der Waals surface area contributed by atoms with Crippen LogP contribution in [0.25, 0.3) is 67.3 Å². The van der Waals surface area contributed by atoms with Crippen LogP contribution in [0.4, 0.5) is 0 Å². The van der Waals surface area contributed by atoms with E-state index in [4.69, 9.17) is 9.97 Å². The summed E-state index contributed by atoms with van der Waals surface area (Å²) in [5.41, 5.74) is 12.6. The largest absolute Gasteiger partial charge is 0.248 e. The van der Waals surface area contributed by atoms with Gasteiger partial charge in [0.25, 0.3) is 0 Å². The highest BCUT2D eigenvalue weighted by molar-refractivity contribution is 9.10. The Morgan fingerprint density at radius 2 is 0.591 bits per heavy atom. The second-order valence-electron chi connectivity index (χ2n) is 10.6. The van der Waals surface area contributed by atoms with E-state index in [9.17, 15) is 0 Å². The minimum absolute atomic E-state index is 0.937. The highest BCUT2D eigenvalue weighted by Crippen LogP contribution is 2.35. The van der Waals surface area contributed by atoms with E-state index < -0.39 is 0 Å². The molecule has 0 radical (unpaired) electrons. The van der Waals surface area contributed by atoms with Crippen molar-refractivity contribution in [2.45, 2.75) is 0 Å².